The topological polar surface area (TPSA) is 133 Å². The monoisotopic (exact) mass is 292 g/mol. The number of urea groups is 1. The molecule has 2 saturated heterocycles. The molecule has 9 heteroatoms. The van der Waals surface area contributed by atoms with Gasteiger partial charge in [0.15, 0.2) is 5.69 Å². The molecule has 0 aliphatic carbocycles. The first kappa shape index (κ1) is 13.4. The minimum absolute atomic E-state index is 0.122. The van der Waals surface area contributed by atoms with Crippen LogP contribution in [0.4, 0.5) is 10.5 Å². The van der Waals surface area contributed by atoms with Crippen LogP contribution in [0, 0.1) is 0 Å². The third kappa shape index (κ3) is 1.92. The SMILES string of the molecule is CCc1[nH]nc(C(=O)N2CCC3(C2)NC(=O)NC3=O)c1N. The Morgan fingerprint density at radius 1 is 1.48 bits per heavy atom. The van der Waals surface area contributed by atoms with Gasteiger partial charge in [-0.3, -0.25) is 20.0 Å². The van der Waals surface area contributed by atoms with Gasteiger partial charge in [0.25, 0.3) is 11.8 Å². The molecular weight excluding hydrogens is 276 g/mol. The third-order valence-corrected chi connectivity index (χ3v) is 4.01. The second-order valence-electron chi connectivity index (χ2n) is 5.29. The van der Waals surface area contributed by atoms with E-state index < -0.39 is 17.5 Å². The van der Waals surface area contributed by atoms with Crippen LogP contribution < -0.4 is 16.4 Å². The molecule has 0 bridgehead atoms. The van der Waals surface area contributed by atoms with Crippen molar-refractivity contribution in [2.45, 2.75) is 25.3 Å². The van der Waals surface area contributed by atoms with Crippen molar-refractivity contribution in [2.75, 3.05) is 18.8 Å². The maximum atomic E-state index is 12.4. The lowest BCUT2D eigenvalue weighted by Gasteiger charge is -2.20. The zero-order chi connectivity index (χ0) is 15.2. The molecule has 1 spiro atoms. The molecule has 1 atom stereocenters. The summed E-state index contributed by atoms with van der Waals surface area (Å²) in [5.74, 6) is -0.735. The standard InChI is InChI=1S/C12H16N6O3/c1-2-6-7(13)8(17-16-6)9(19)18-4-3-12(5-18)10(20)14-11(21)15-12/h2-5,13H2,1H3,(H,16,17)(H2,14,15,20,21). The number of likely N-dealkylation sites (tertiary alicyclic amines) is 1. The number of imide groups is 1. The number of amides is 4. The van der Waals surface area contributed by atoms with Gasteiger partial charge in [0, 0.05) is 6.54 Å². The van der Waals surface area contributed by atoms with E-state index in [-0.39, 0.29) is 18.1 Å². The van der Waals surface area contributed by atoms with Crippen molar-refractivity contribution < 1.29 is 14.4 Å². The normalized spacial score (nSPS) is 24.5. The lowest BCUT2D eigenvalue weighted by molar-refractivity contribution is -0.123. The zero-order valence-electron chi connectivity index (χ0n) is 11.5. The van der Waals surface area contributed by atoms with E-state index in [0.29, 0.717) is 30.8 Å². The number of nitrogen functional groups attached to an aromatic ring is 1. The van der Waals surface area contributed by atoms with Crippen LogP contribution in [0.5, 0.6) is 0 Å². The summed E-state index contributed by atoms with van der Waals surface area (Å²) in [6, 6.07) is -0.526. The van der Waals surface area contributed by atoms with Crippen molar-refractivity contribution in [3.63, 3.8) is 0 Å². The Bertz CT molecular complexity index is 639. The Balaban J connectivity index is 1.80. The summed E-state index contributed by atoms with van der Waals surface area (Å²) in [7, 11) is 0. The van der Waals surface area contributed by atoms with Gasteiger partial charge in [0.05, 0.1) is 17.9 Å². The summed E-state index contributed by atoms with van der Waals surface area (Å²) in [5.41, 5.74) is 6.07. The Hall–Kier alpha value is -2.58. The van der Waals surface area contributed by atoms with Crippen LogP contribution in [0.15, 0.2) is 0 Å². The highest BCUT2D eigenvalue weighted by Crippen LogP contribution is 2.27. The van der Waals surface area contributed by atoms with Gasteiger partial charge in [-0.05, 0) is 12.8 Å². The molecule has 2 aliphatic rings. The van der Waals surface area contributed by atoms with Crippen molar-refractivity contribution in [3.8, 4) is 0 Å². The molecule has 2 fully saturated rings. The molecule has 5 N–H and O–H groups in total. The summed E-state index contributed by atoms with van der Waals surface area (Å²) in [4.78, 5) is 37.1. The number of hydrogen-bond donors (Lipinski definition) is 4. The molecule has 3 heterocycles. The number of nitrogens with zero attached hydrogens (tertiary/aromatic N) is 2. The quantitative estimate of drug-likeness (QED) is 0.518. The highest BCUT2D eigenvalue weighted by atomic mass is 16.2. The van der Waals surface area contributed by atoms with E-state index in [0.717, 1.165) is 0 Å². The molecule has 9 nitrogen and oxygen atoms in total. The number of hydrogen-bond acceptors (Lipinski definition) is 5. The van der Waals surface area contributed by atoms with Gasteiger partial charge in [-0.1, -0.05) is 6.92 Å². The number of anilines is 1. The average molecular weight is 292 g/mol. The van der Waals surface area contributed by atoms with Crippen molar-refractivity contribution in [3.05, 3.63) is 11.4 Å². The number of nitrogens with two attached hydrogens (primary N) is 1. The molecule has 3 rings (SSSR count). The molecule has 21 heavy (non-hydrogen) atoms. The number of nitrogens with one attached hydrogen (secondary N) is 3. The molecule has 112 valence electrons. The van der Waals surface area contributed by atoms with Crippen LogP contribution in [-0.4, -0.2) is 51.6 Å². The molecule has 0 radical (unpaired) electrons. The van der Waals surface area contributed by atoms with Gasteiger partial charge in [-0.2, -0.15) is 5.10 Å². The van der Waals surface area contributed by atoms with Crippen molar-refractivity contribution in [1.29, 1.82) is 0 Å². The summed E-state index contributed by atoms with van der Waals surface area (Å²) in [5, 5.41) is 11.5. The summed E-state index contributed by atoms with van der Waals surface area (Å²) in [6.07, 6.45) is 1.02. The second kappa shape index (κ2) is 4.47. The van der Waals surface area contributed by atoms with Crippen LogP contribution in [0.2, 0.25) is 0 Å². The fraction of sp³-hybridized carbons (Fsp3) is 0.500. The highest BCUT2D eigenvalue weighted by molar-refractivity contribution is 6.08. The van der Waals surface area contributed by atoms with Crippen molar-refractivity contribution in [1.82, 2.24) is 25.7 Å². The van der Waals surface area contributed by atoms with E-state index in [1.165, 1.54) is 4.90 Å². The van der Waals surface area contributed by atoms with Crippen LogP contribution in [-0.2, 0) is 11.2 Å². The number of aromatic amines is 1. The lowest BCUT2D eigenvalue weighted by atomic mass is 9.99. The summed E-state index contributed by atoms with van der Waals surface area (Å²) >= 11 is 0. The smallest absolute Gasteiger partial charge is 0.322 e. The highest BCUT2D eigenvalue weighted by Gasteiger charge is 2.52. The van der Waals surface area contributed by atoms with Gasteiger partial charge in [-0.15, -0.1) is 0 Å². The van der Waals surface area contributed by atoms with E-state index in [4.69, 9.17) is 5.73 Å². The van der Waals surface area contributed by atoms with Gasteiger partial charge in [0.1, 0.15) is 5.54 Å². The Morgan fingerprint density at radius 2 is 2.24 bits per heavy atom. The predicted molar refractivity (Wildman–Crippen MR) is 72.3 cm³/mol. The lowest BCUT2D eigenvalue weighted by Crippen LogP contribution is -2.49. The maximum Gasteiger partial charge on any atom is 0.322 e. The number of carbonyl (C=O) groups excluding carboxylic acids is 3. The second-order valence-corrected chi connectivity index (χ2v) is 5.29. The minimum atomic E-state index is -1.02. The van der Waals surface area contributed by atoms with Crippen LogP contribution in [0.3, 0.4) is 0 Å². The average Bonchev–Trinajstić information content (AvgIpc) is 3.09. The fourth-order valence-corrected chi connectivity index (χ4v) is 2.77. The first-order valence-electron chi connectivity index (χ1n) is 6.72. The minimum Gasteiger partial charge on any atom is -0.395 e. The Morgan fingerprint density at radius 3 is 2.81 bits per heavy atom. The third-order valence-electron chi connectivity index (χ3n) is 4.01. The van der Waals surface area contributed by atoms with E-state index in [9.17, 15) is 14.4 Å². The van der Waals surface area contributed by atoms with Crippen molar-refractivity contribution >= 4 is 23.5 Å². The number of H-pyrrole nitrogens is 1. The van der Waals surface area contributed by atoms with Gasteiger partial charge in [-0.25, -0.2) is 4.79 Å². The number of aromatic nitrogens is 2. The van der Waals surface area contributed by atoms with Crippen LogP contribution in [0.1, 0.15) is 29.5 Å². The fourth-order valence-electron chi connectivity index (χ4n) is 2.77. The van der Waals surface area contributed by atoms with Gasteiger partial charge >= 0.3 is 6.03 Å². The number of rotatable bonds is 2. The Kier molecular flexibility index (Phi) is 2.85. The molecule has 2 aliphatic heterocycles. The van der Waals surface area contributed by atoms with E-state index in [1.54, 1.807) is 0 Å². The first-order chi connectivity index (χ1) is 9.97. The summed E-state index contributed by atoms with van der Waals surface area (Å²) in [6.45, 7) is 2.39. The zero-order valence-corrected chi connectivity index (χ0v) is 11.5. The number of carbonyl (C=O) groups is 3. The molecule has 1 aromatic heterocycles. The van der Waals surface area contributed by atoms with E-state index >= 15 is 0 Å². The van der Waals surface area contributed by atoms with Crippen molar-refractivity contribution in [2.24, 2.45) is 0 Å². The van der Waals surface area contributed by atoms with E-state index in [1.807, 2.05) is 6.92 Å². The molecule has 1 aromatic rings. The molecule has 4 amide bonds. The summed E-state index contributed by atoms with van der Waals surface area (Å²) < 4.78 is 0. The molecular formula is C12H16N6O3. The van der Waals surface area contributed by atoms with Crippen LogP contribution in [0.25, 0.3) is 0 Å². The largest absolute Gasteiger partial charge is 0.395 e. The number of aryl methyl sites for hydroxylation is 1. The van der Waals surface area contributed by atoms with Gasteiger partial charge in [0.2, 0.25) is 0 Å². The van der Waals surface area contributed by atoms with Crippen LogP contribution >= 0.6 is 0 Å². The molecule has 1 unspecified atom stereocenters. The maximum absolute atomic E-state index is 12.4. The molecule has 0 saturated carbocycles. The van der Waals surface area contributed by atoms with Gasteiger partial charge < -0.3 is 16.0 Å². The molecule has 0 aromatic carbocycles. The van der Waals surface area contributed by atoms with E-state index in [2.05, 4.69) is 20.8 Å². The Labute approximate surface area is 120 Å². The first-order valence-corrected chi connectivity index (χ1v) is 6.72. The predicted octanol–water partition coefficient (Wildman–Crippen LogP) is -1.02.